The molecule has 0 spiro atoms. The summed E-state index contributed by atoms with van der Waals surface area (Å²) in [5, 5.41) is 13.0. The molecule has 0 bridgehead atoms. The number of phenolic OH excluding ortho intramolecular Hbond substituents is 1. The van der Waals surface area contributed by atoms with Crippen LogP contribution in [-0.4, -0.2) is 29.3 Å². The van der Waals surface area contributed by atoms with E-state index in [1.165, 1.54) is 17.9 Å². The molecule has 3 nitrogen and oxygen atoms in total. The van der Waals surface area contributed by atoms with E-state index in [4.69, 9.17) is 4.74 Å². The molecule has 1 heterocycles. The zero-order chi connectivity index (χ0) is 13.0. The largest absolute Gasteiger partial charge is 0.508 e. The molecule has 1 aromatic rings. The first-order valence-electron chi connectivity index (χ1n) is 6.50. The van der Waals surface area contributed by atoms with Gasteiger partial charge in [-0.3, -0.25) is 0 Å². The monoisotopic (exact) mass is 267 g/mol. The van der Waals surface area contributed by atoms with Gasteiger partial charge in [-0.1, -0.05) is 6.92 Å². The fourth-order valence-corrected chi connectivity index (χ4v) is 2.98. The third kappa shape index (κ3) is 3.33. The standard InChI is InChI=1S/C14H21NO2S/c1-3-18-7-6-10(2)15-13-9-17-14-8-11(16)4-5-12(13)14/h4-5,8,10,13,15-16H,3,6-7,9H2,1-2H3. The first-order chi connectivity index (χ1) is 8.70. The maximum Gasteiger partial charge on any atom is 0.127 e. The van der Waals surface area contributed by atoms with E-state index in [2.05, 4.69) is 19.2 Å². The molecule has 1 aliphatic rings. The third-order valence-electron chi connectivity index (χ3n) is 3.16. The minimum Gasteiger partial charge on any atom is -0.508 e. The molecule has 4 heteroatoms. The summed E-state index contributed by atoms with van der Waals surface area (Å²) in [6, 6.07) is 6.09. The van der Waals surface area contributed by atoms with Gasteiger partial charge < -0.3 is 15.2 Å². The summed E-state index contributed by atoms with van der Waals surface area (Å²) in [6.07, 6.45) is 1.17. The van der Waals surface area contributed by atoms with Gasteiger partial charge in [-0.2, -0.15) is 11.8 Å². The molecule has 1 aromatic carbocycles. The number of hydrogen-bond donors (Lipinski definition) is 2. The molecule has 0 aromatic heterocycles. The normalized spacial score (nSPS) is 19.3. The lowest BCUT2D eigenvalue weighted by Crippen LogP contribution is -2.31. The van der Waals surface area contributed by atoms with E-state index >= 15 is 0 Å². The maximum absolute atomic E-state index is 9.40. The van der Waals surface area contributed by atoms with Crippen molar-refractivity contribution in [3.63, 3.8) is 0 Å². The van der Waals surface area contributed by atoms with Crippen molar-refractivity contribution in [2.24, 2.45) is 0 Å². The lowest BCUT2D eigenvalue weighted by Gasteiger charge is -2.18. The van der Waals surface area contributed by atoms with Gasteiger partial charge in [0.2, 0.25) is 0 Å². The van der Waals surface area contributed by atoms with Gasteiger partial charge in [0.15, 0.2) is 0 Å². The van der Waals surface area contributed by atoms with Crippen LogP contribution in [0.2, 0.25) is 0 Å². The van der Waals surface area contributed by atoms with Crippen molar-refractivity contribution in [2.45, 2.75) is 32.4 Å². The molecule has 18 heavy (non-hydrogen) atoms. The highest BCUT2D eigenvalue weighted by atomic mass is 32.2. The quantitative estimate of drug-likeness (QED) is 0.778. The van der Waals surface area contributed by atoms with Crippen molar-refractivity contribution < 1.29 is 9.84 Å². The highest BCUT2D eigenvalue weighted by molar-refractivity contribution is 7.99. The van der Waals surface area contributed by atoms with Crippen molar-refractivity contribution in [2.75, 3.05) is 18.1 Å². The van der Waals surface area contributed by atoms with Crippen LogP contribution >= 0.6 is 11.8 Å². The van der Waals surface area contributed by atoms with Gasteiger partial charge in [-0.05, 0) is 37.0 Å². The number of benzene rings is 1. The number of rotatable bonds is 6. The van der Waals surface area contributed by atoms with Crippen molar-refractivity contribution in [3.8, 4) is 11.5 Å². The number of hydrogen-bond acceptors (Lipinski definition) is 4. The molecule has 2 unspecified atom stereocenters. The lowest BCUT2D eigenvalue weighted by molar-refractivity contribution is 0.298. The first-order valence-corrected chi connectivity index (χ1v) is 7.65. The first kappa shape index (κ1) is 13.6. The summed E-state index contributed by atoms with van der Waals surface area (Å²) in [5.41, 5.74) is 1.16. The molecule has 2 N–H and O–H groups in total. The minimum atomic E-state index is 0.252. The minimum absolute atomic E-state index is 0.252. The average molecular weight is 267 g/mol. The number of ether oxygens (including phenoxy) is 1. The molecule has 0 saturated carbocycles. The summed E-state index contributed by atoms with van der Waals surface area (Å²) in [6.45, 7) is 5.06. The Hall–Kier alpha value is -0.870. The van der Waals surface area contributed by atoms with Crippen LogP contribution in [0.1, 0.15) is 31.9 Å². The topological polar surface area (TPSA) is 41.5 Å². The van der Waals surface area contributed by atoms with E-state index in [0.717, 1.165) is 11.3 Å². The van der Waals surface area contributed by atoms with Gasteiger partial charge in [-0.25, -0.2) is 0 Å². The van der Waals surface area contributed by atoms with Gasteiger partial charge in [0.25, 0.3) is 0 Å². The Morgan fingerprint density at radius 3 is 3.17 bits per heavy atom. The van der Waals surface area contributed by atoms with Gasteiger partial charge in [0.1, 0.15) is 18.1 Å². The number of thioether (sulfide) groups is 1. The number of nitrogens with one attached hydrogen (secondary N) is 1. The Morgan fingerprint density at radius 1 is 1.56 bits per heavy atom. The molecular formula is C14H21NO2S. The summed E-state index contributed by atoms with van der Waals surface area (Å²) in [7, 11) is 0. The second kappa shape index (κ2) is 6.34. The summed E-state index contributed by atoms with van der Waals surface area (Å²) in [4.78, 5) is 0. The smallest absolute Gasteiger partial charge is 0.127 e. The molecule has 0 saturated heterocycles. The SMILES string of the molecule is CCSCCC(C)NC1COc2cc(O)ccc21. The Kier molecular flexibility index (Phi) is 4.78. The van der Waals surface area contributed by atoms with Crippen LogP contribution in [0.15, 0.2) is 18.2 Å². The Labute approximate surface area is 113 Å². The molecule has 1 aliphatic heterocycles. The van der Waals surface area contributed by atoms with Gasteiger partial charge >= 0.3 is 0 Å². The van der Waals surface area contributed by atoms with Gasteiger partial charge in [0.05, 0.1) is 6.04 Å². The Balaban J connectivity index is 1.89. The van der Waals surface area contributed by atoms with Crippen LogP contribution in [0.5, 0.6) is 11.5 Å². The fourth-order valence-electron chi connectivity index (χ4n) is 2.17. The lowest BCUT2D eigenvalue weighted by atomic mass is 10.1. The second-order valence-corrected chi connectivity index (χ2v) is 6.03. The van der Waals surface area contributed by atoms with Crippen molar-refractivity contribution in [3.05, 3.63) is 23.8 Å². The van der Waals surface area contributed by atoms with E-state index in [1.807, 2.05) is 17.8 Å². The predicted molar refractivity (Wildman–Crippen MR) is 76.6 cm³/mol. The van der Waals surface area contributed by atoms with Crippen LogP contribution in [0.4, 0.5) is 0 Å². The molecule has 0 radical (unpaired) electrons. The Morgan fingerprint density at radius 2 is 2.39 bits per heavy atom. The van der Waals surface area contributed by atoms with E-state index in [1.54, 1.807) is 12.1 Å². The van der Waals surface area contributed by atoms with Crippen LogP contribution in [0.3, 0.4) is 0 Å². The van der Waals surface area contributed by atoms with E-state index in [9.17, 15) is 5.11 Å². The van der Waals surface area contributed by atoms with Crippen LogP contribution < -0.4 is 10.1 Å². The zero-order valence-corrected chi connectivity index (χ0v) is 11.8. The summed E-state index contributed by atoms with van der Waals surface area (Å²) >= 11 is 1.98. The molecule has 0 amide bonds. The zero-order valence-electron chi connectivity index (χ0n) is 11.0. The van der Waals surface area contributed by atoms with Crippen LogP contribution in [0.25, 0.3) is 0 Å². The van der Waals surface area contributed by atoms with E-state index in [-0.39, 0.29) is 11.8 Å². The highest BCUT2D eigenvalue weighted by Gasteiger charge is 2.25. The molecule has 0 aliphatic carbocycles. The predicted octanol–water partition coefficient (Wildman–Crippen LogP) is 2.95. The highest BCUT2D eigenvalue weighted by Crippen LogP contribution is 2.35. The van der Waals surface area contributed by atoms with Crippen molar-refractivity contribution in [1.29, 1.82) is 0 Å². The van der Waals surface area contributed by atoms with Crippen molar-refractivity contribution >= 4 is 11.8 Å². The number of fused-ring (bicyclic) bond motifs is 1. The van der Waals surface area contributed by atoms with Gasteiger partial charge in [0, 0.05) is 17.7 Å². The summed E-state index contributed by atoms with van der Waals surface area (Å²) in [5.74, 6) is 3.45. The summed E-state index contributed by atoms with van der Waals surface area (Å²) < 4.78 is 5.59. The average Bonchev–Trinajstić information content (AvgIpc) is 2.72. The van der Waals surface area contributed by atoms with E-state index < -0.39 is 0 Å². The van der Waals surface area contributed by atoms with Crippen LogP contribution in [-0.2, 0) is 0 Å². The molecular weight excluding hydrogens is 246 g/mol. The molecule has 0 fully saturated rings. The van der Waals surface area contributed by atoms with Gasteiger partial charge in [-0.15, -0.1) is 0 Å². The Bertz CT molecular complexity index is 397. The third-order valence-corrected chi connectivity index (χ3v) is 4.10. The van der Waals surface area contributed by atoms with Crippen LogP contribution in [0, 0.1) is 0 Å². The fraction of sp³-hybridized carbons (Fsp3) is 0.571. The molecule has 100 valence electrons. The maximum atomic E-state index is 9.40. The second-order valence-electron chi connectivity index (χ2n) is 4.64. The number of aromatic hydroxyl groups is 1. The number of phenols is 1. The molecule has 2 rings (SSSR count). The van der Waals surface area contributed by atoms with E-state index in [0.29, 0.717) is 12.6 Å². The van der Waals surface area contributed by atoms with Crippen molar-refractivity contribution in [1.82, 2.24) is 5.32 Å². The molecule has 2 atom stereocenters.